The molecule has 3 nitrogen and oxygen atoms in total. The first-order chi connectivity index (χ1) is 7.18. The number of hydrogen-bond acceptors (Lipinski definition) is 3. The van der Waals surface area contributed by atoms with Gasteiger partial charge < -0.3 is 10.2 Å². The standard InChI is InChI=1S/C12H25N3/c1-10-8-11(5-7-14(10)2)15(3)12-4-6-13-9-12/h10-13H,4-9H2,1-3H3. The number of rotatable bonds is 2. The Balaban J connectivity index is 1.87. The maximum atomic E-state index is 3.46. The van der Waals surface area contributed by atoms with E-state index in [-0.39, 0.29) is 0 Å². The van der Waals surface area contributed by atoms with E-state index in [9.17, 15) is 0 Å². The predicted molar refractivity (Wildman–Crippen MR) is 64.2 cm³/mol. The molecule has 88 valence electrons. The van der Waals surface area contributed by atoms with E-state index in [1.54, 1.807) is 0 Å². The van der Waals surface area contributed by atoms with Crippen LogP contribution in [0.1, 0.15) is 26.2 Å². The largest absolute Gasteiger partial charge is 0.315 e. The number of nitrogens with one attached hydrogen (secondary N) is 1. The van der Waals surface area contributed by atoms with E-state index in [4.69, 9.17) is 0 Å². The van der Waals surface area contributed by atoms with Crippen LogP contribution < -0.4 is 5.32 Å². The van der Waals surface area contributed by atoms with E-state index >= 15 is 0 Å². The van der Waals surface area contributed by atoms with Crippen molar-refractivity contribution in [1.29, 1.82) is 0 Å². The molecule has 0 aromatic heterocycles. The third kappa shape index (κ3) is 2.52. The van der Waals surface area contributed by atoms with Crippen LogP contribution in [0.3, 0.4) is 0 Å². The van der Waals surface area contributed by atoms with Crippen molar-refractivity contribution < 1.29 is 0 Å². The minimum atomic E-state index is 0.751. The minimum Gasteiger partial charge on any atom is -0.315 e. The van der Waals surface area contributed by atoms with Crippen molar-refractivity contribution in [3.63, 3.8) is 0 Å². The quantitative estimate of drug-likeness (QED) is 0.727. The molecule has 0 aliphatic carbocycles. The molecule has 3 atom stereocenters. The minimum absolute atomic E-state index is 0.751. The molecule has 2 rings (SSSR count). The van der Waals surface area contributed by atoms with Gasteiger partial charge in [0.2, 0.25) is 0 Å². The average Bonchev–Trinajstić information content (AvgIpc) is 2.74. The van der Waals surface area contributed by atoms with Crippen LogP contribution >= 0.6 is 0 Å². The van der Waals surface area contributed by atoms with Crippen LogP contribution in [-0.4, -0.2) is 61.7 Å². The van der Waals surface area contributed by atoms with E-state index in [1.807, 2.05) is 0 Å². The topological polar surface area (TPSA) is 18.5 Å². The first-order valence-corrected chi connectivity index (χ1v) is 6.31. The van der Waals surface area contributed by atoms with Gasteiger partial charge >= 0.3 is 0 Å². The Morgan fingerprint density at radius 1 is 1.27 bits per heavy atom. The highest BCUT2D eigenvalue weighted by atomic mass is 15.2. The lowest BCUT2D eigenvalue weighted by Gasteiger charge is -2.41. The molecule has 0 bridgehead atoms. The maximum Gasteiger partial charge on any atom is 0.0232 e. The van der Waals surface area contributed by atoms with Crippen LogP contribution in [-0.2, 0) is 0 Å². The van der Waals surface area contributed by atoms with Crippen LogP contribution in [0, 0.1) is 0 Å². The van der Waals surface area contributed by atoms with Crippen molar-refractivity contribution in [3.05, 3.63) is 0 Å². The van der Waals surface area contributed by atoms with Gasteiger partial charge in [-0.2, -0.15) is 0 Å². The van der Waals surface area contributed by atoms with Gasteiger partial charge in [0.15, 0.2) is 0 Å². The molecule has 3 unspecified atom stereocenters. The maximum absolute atomic E-state index is 3.46. The van der Waals surface area contributed by atoms with Gasteiger partial charge in [-0.15, -0.1) is 0 Å². The summed E-state index contributed by atoms with van der Waals surface area (Å²) in [7, 11) is 4.57. The smallest absolute Gasteiger partial charge is 0.0232 e. The Morgan fingerprint density at radius 3 is 2.67 bits per heavy atom. The van der Waals surface area contributed by atoms with Crippen molar-refractivity contribution in [2.75, 3.05) is 33.7 Å². The lowest BCUT2D eigenvalue weighted by Crippen LogP contribution is -2.49. The van der Waals surface area contributed by atoms with Crippen molar-refractivity contribution >= 4 is 0 Å². The van der Waals surface area contributed by atoms with Gasteiger partial charge in [-0.1, -0.05) is 0 Å². The van der Waals surface area contributed by atoms with Gasteiger partial charge in [0.05, 0.1) is 0 Å². The molecule has 0 amide bonds. The van der Waals surface area contributed by atoms with E-state index in [2.05, 4.69) is 36.1 Å². The fourth-order valence-electron chi connectivity index (χ4n) is 2.92. The zero-order valence-electron chi connectivity index (χ0n) is 10.4. The van der Waals surface area contributed by atoms with E-state index < -0.39 is 0 Å². The highest BCUT2D eigenvalue weighted by molar-refractivity contribution is 4.88. The van der Waals surface area contributed by atoms with Crippen molar-refractivity contribution in [2.24, 2.45) is 0 Å². The van der Waals surface area contributed by atoms with E-state index in [1.165, 1.54) is 38.9 Å². The molecular formula is C12H25N3. The van der Waals surface area contributed by atoms with Gasteiger partial charge in [0, 0.05) is 24.7 Å². The van der Waals surface area contributed by atoms with Gasteiger partial charge in [-0.05, 0) is 53.4 Å². The molecule has 2 aliphatic heterocycles. The molecule has 3 heteroatoms. The highest BCUT2D eigenvalue weighted by Gasteiger charge is 2.30. The Labute approximate surface area is 93.8 Å². The average molecular weight is 211 g/mol. The molecule has 2 fully saturated rings. The summed E-state index contributed by atoms with van der Waals surface area (Å²) >= 11 is 0. The van der Waals surface area contributed by atoms with Gasteiger partial charge in [-0.3, -0.25) is 4.90 Å². The highest BCUT2D eigenvalue weighted by Crippen LogP contribution is 2.22. The van der Waals surface area contributed by atoms with Gasteiger partial charge in [0.1, 0.15) is 0 Å². The monoisotopic (exact) mass is 211 g/mol. The third-order valence-corrected chi connectivity index (χ3v) is 4.37. The summed E-state index contributed by atoms with van der Waals surface area (Å²) in [5.41, 5.74) is 0. The Morgan fingerprint density at radius 2 is 2.07 bits per heavy atom. The fraction of sp³-hybridized carbons (Fsp3) is 1.00. The predicted octanol–water partition coefficient (Wildman–Crippen LogP) is 0.763. The molecular weight excluding hydrogens is 186 g/mol. The second kappa shape index (κ2) is 4.81. The molecule has 15 heavy (non-hydrogen) atoms. The molecule has 0 spiro atoms. The number of piperidine rings is 1. The fourth-order valence-corrected chi connectivity index (χ4v) is 2.92. The van der Waals surface area contributed by atoms with Gasteiger partial charge in [-0.25, -0.2) is 0 Å². The molecule has 2 heterocycles. The van der Waals surface area contributed by atoms with E-state index in [0.29, 0.717) is 0 Å². The second-order valence-corrected chi connectivity index (χ2v) is 5.32. The molecule has 1 N–H and O–H groups in total. The molecule has 2 aliphatic rings. The number of hydrogen-bond donors (Lipinski definition) is 1. The SMILES string of the molecule is CC1CC(N(C)C2CCNC2)CCN1C. The Hall–Kier alpha value is -0.120. The second-order valence-electron chi connectivity index (χ2n) is 5.32. The molecule has 0 aromatic rings. The summed E-state index contributed by atoms with van der Waals surface area (Å²) in [4.78, 5) is 5.11. The summed E-state index contributed by atoms with van der Waals surface area (Å²) in [6.45, 7) is 6.01. The normalized spacial score (nSPS) is 38.8. The molecule has 0 radical (unpaired) electrons. The molecule has 0 saturated carbocycles. The summed E-state index contributed by atoms with van der Waals surface area (Å²) in [5.74, 6) is 0. The number of nitrogens with zero attached hydrogens (tertiary/aromatic N) is 2. The molecule has 0 aromatic carbocycles. The van der Waals surface area contributed by atoms with Crippen molar-refractivity contribution in [2.45, 2.75) is 44.3 Å². The van der Waals surface area contributed by atoms with Crippen molar-refractivity contribution in [3.8, 4) is 0 Å². The Kier molecular flexibility index (Phi) is 3.65. The molecule has 2 saturated heterocycles. The van der Waals surface area contributed by atoms with Crippen LogP contribution in [0.5, 0.6) is 0 Å². The first kappa shape index (κ1) is 11.4. The van der Waals surface area contributed by atoms with E-state index in [0.717, 1.165) is 18.1 Å². The Bertz CT molecular complexity index is 201. The summed E-state index contributed by atoms with van der Waals surface area (Å²) in [6.07, 6.45) is 4.01. The van der Waals surface area contributed by atoms with Crippen LogP contribution in [0.2, 0.25) is 0 Å². The zero-order chi connectivity index (χ0) is 10.8. The first-order valence-electron chi connectivity index (χ1n) is 6.31. The number of likely N-dealkylation sites (tertiary alicyclic amines) is 1. The lowest BCUT2D eigenvalue weighted by atomic mass is 9.96. The van der Waals surface area contributed by atoms with Crippen LogP contribution in [0.25, 0.3) is 0 Å². The number of likely N-dealkylation sites (N-methyl/N-ethyl adjacent to an activating group) is 1. The van der Waals surface area contributed by atoms with Crippen LogP contribution in [0.4, 0.5) is 0 Å². The third-order valence-electron chi connectivity index (χ3n) is 4.37. The summed E-state index contributed by atoms with van der Waals surface area (Å²) in [6, 6.07) is 2.34. The summed E-state index contributed by atoms with van der Waals surface area (Å²) in [5, 5.41) is 3.46. The zero-order valence-corrected chi connectivity index (χ0v) is 10.4. The summed E-state index contributed by atoms with van der Waals surface area (Å²) < 4.78 is 0. The lowest BCUT2D eigenvalue weighted by molar-refractivity contribution is 0.0827. The van der Waals surface area contributed by atoms with Crippen molar-refractivity contribution in [1.82, 2.24) is 15.1 Å². The van der Waals surface area contributed by atoms with Crippen LogP contribution in [0.15, 0.2) is 0 Å². The van der Waals surface area contributed by atoms with Gasteiger partial charge in [0.25, 0.3) is 0 Å².